The quantitative estimate of drug-likeness (QED) is 0.0557. The predicted octanol–water partition coefficient (Wildman–Crippen LogP) is 37.1. The van der Waals surface area contributed by atoms with Crippen molar-refractivity contribution in [1.82, 2.24) is 0 Å². The van der Waals surface area contributed by atoms with Gasteiger partial charge in [-0.15, -0.1) is 0 Å². The van der Waals surface area contributed by atoms with E-state index in [4.69, 9.17) is 14.2 Å². The summed E-state index contributed by atoms with van der Waals surface area (Å²) in [4.78, 5) is 13.9. The van der Waals surface area contributed by atoms with Crippen LogP contribution in [0.5, 0.6) is 11.5 Å². The van der Waals surface area contributed by atoms with Crippen LogP contribution in [0.15, 0.2) is 493 Å². The van der Waals surface area contributed by atoms with Gasteiger partial charge in [-0.25, -0.2) is 0 Å². The molecule has 0 N–H and O–H groups in total. The first-order chi connectivity index (χ1) is 64.1. The highest BCUT2D eigenvalue weighted by atomic mass is 79.9. The van der Waals surface area contributed by atoms with Crippen LogP contribution >= 0.6 is 47.8 Å². The standard InChI is InChI=1S/C48H37BrN2O.C38H27BrN2.C32H27BrN2O2.3CH4/c1-2-35-22-24-36(25-23-35)33-52-34-37-26-28-42(29-27-37)51(48-21-11-15-39-13-7-9-19-46(39)48)44-31-40(49)30-43(32-44)50(41-16-4-3-5-17-41)47-20-10-14-38-12-6-8-18-45(38)47;39-30-25-33(40(31-17-3-1-4-18-31)37-23-11-15-28-13-7-9-21-35(28)37)27-34(26-30)41(32-19-5-2-6-20-32)38-24-12-16-29-14-8-10-22-36(29)38;1-36-31-17-13-27(14-18-31)35(28-15-19-32(37-2)20-16-28)30-22-24(33)21-29(23-30)34(25-9-5-3-6-10-25)26-11-7-4-8-12-26;;;/h2-32H,1,33-34H2;1-27H;3-23H,1-2H3;3*1H4. The van der Waals surface area contributed by atoms with Gasteiger partial charge in [-0.2, -0.15) is 0 Å². The molecule has 20 rings (SSSR count). The molecule has 20 aromatic rings. The second-order valence-electron chi connectivity index (χ2n) is 31.2. The Hall–Kier alpha value is -15.0. The fourth-order valence-corrected chi connectivity index (χ4v) is 18.2. The summed E-state index contributed by atoms with van der Waals surface area (Å²) in [6.45, 7) is 4.92. The normalized spacial score (nSPS) is 10.7. The van der Waals surface area contributed by atoms with Gasteiger partial charge < -0.3 is 43.6 Å². The minimum Gasteiger partial charge on any atom is -0.497 e. The third-order valence-electron chi connectivity index (χ3n) is 22.9. The molecule has 0 bridgehead atoms. The highest BCUT2D eigenvalue weighted by Gasteiger charge is 2.26. The Kier molecular flexibility index (Phi) is 30.7. The molecule has 0 saturated heterocycles. The second-order valence-corrected chi connectivity index (χ2v) is 33.9. The number of ether oxygens (including phenoxy) is 3. The molecule has 0 fully saturated rings. The number of halogens is 3. The summed E-state index contributed by atoms with van der Waals surface area (Å²) < 4.78 is 19.9. The predicted molar refractivity (Wildman–Crippen MR) is 579 cm³/mol. The average molecular weight is 1930 g/mol. The molecule has 0 spiro atoms. The lowest BCUT2D eigenvalue weighted by molar-refractivity contribution is 0.107. The van der Waals surface area contributed by atoms with Crippen molar-refractivity contribution >= 4 is 199 Å². The van der Waals surface area contributed by atoms with Crippen molar-refractivity contribution in [3.05, 3.63) is 510 Å². The third-order valence-corrected chi connectivity index (χ3v) is 24.2. The lowest BCUT2D eigenvalue weighted by Gasteiger charge is -2.31. The summed E-state index contributed by atoms with van der Waals surface area (Å²) in [7, 11) is 3.36. The van der Waals surface area contributed by atoms with Crippen LogP contribution in [0.4, 0.5) is 102 Å². The van der Waals surface area contributed by atoms with Gasteiger partial charge >= 0.3 is 0 Å². The summed E-state index contributed by atoms with van der Waals surface area (Å²) in [5, 5.41) is 9.58. The Labute approximate surface area is 807 Å². The van der Waals surface area contributed by atoms with Crippen molar-refractivity contribution in [1.29, 1.82) is 0 Å². The van der Waals surface area contributed by atoms with E-state index in [1.54, 1.807) is 14.2 Å². The van der Waals surface area contributed by atoms with Crippen LogP contribution in [0.2, 0.25) is 0 Å². The number of benzene rings is 20. The summed E-state index contributed by atoms with van der Waals surface area (Å²) in [5.41, 5.74) is 22.6. The van der Waals surface area contributed by atoms with Gasteiger partial charge in [0.1, 0.15) is 11.5 Å². The van der Waals surface area contributed by atoms with Crippen molar-refractivity contribution in [3.63, 3.8) is 0 Å². The molecule has 20 aromatic carbocycles. The van der Waals surface area contributed by atoms with Gasteiger partial charge in [0.05, 0.1) is 50.2 Å². The number of para-hydroxylation sites is 5. The summed E-state index contributed by atoms with van der Waals surface area (Å²) in [5.74, 6) is 1.63. The number of nitrogens with zero attached hydrogens (tertiary/aromatic N) is 6. The molecule has 0 radical (unpaired) electrons. The summed E-state index contributed by atoms with van der Waals surface area (Å²) in [6.07, 6.45) is 1.85. The number of hydrogen-bond donors (Lipinski definition) is 0. The molecule has 0 aliphatic rings. The first-order valence-electron chi connectivity index (χ1n) is 43.1. The monoisotopic (exact) mass is 1920 g/mol. The van der Waals surface area contributed by atoms with Gasteiger partial charge in [0.25, 0.3) is 0 Å². The van der Waals surface area contributed by atoms with Gasteiger partial charge in [0.2, 0.25) is 0 Å². The van der Waals surface area contributed by atoms with Crippen molar-refractivity contribution in [2.75, 3.05) is 43.6 Å². The first-order valence-corrected chi connectivity index (χ1v) is 45.5. The van der Waals surface area contributed by atoms with E-state index in [1.165, 1.54) is 43.1 Å². The van der Waals surface area contributed by atoms with Gasteiger partial charge in [-0.1, -0.05) is 356 Å². The molecule has 0 amide bonds. The molecular weight excluding hydrogens is 1830 g/mol. The maximum Gasteiger partial charge on any atom is 0.119 e. The second kappa shape index (κ2) is 44.1. The third kappa shape index (κ3) is 21.4. The van der Waals surface area contributed by atoms with Gasteiger partial charge in [-0.3, -0.25) is 0 Å². The fraction of sp³-hybridized carbons (Fsp3) is 0.0579. The van der Waals surface area contributed by atoms with Gasteiger partial charge in [0, 0.05) is 115 Å². The van der Waals surface area contributed by atoms with Crippen LogP contribution in [-0.2, 0) is 18.0 Å². The molecule has 0 aliphatic carbocycles. The Morgan fingerprint density at radius 2 is 0.429 bits per heavy atom. The van der Waals surface area contributed by atoms with Crippen LogP contribution in [0.3, 0.4) is 0 Å². The summed E-state index contributed by atoms with van der Waals surface area (Å²) in [6, 6.07) is 166. The largest absolute Gasteiger partial charge is 0.497 e. The van der Waals surface area contributed by atoms with Crippen molar-refractivity contribution in [2.45, 2.75) is 35.5 Å². The molecule has 0 aliphatic heterocycles. The van der Waals surface area contributed by atoms with E-state index in [2.05, 4.69) is 521 Å². The van der Waals surface area contributed by atoms with Gasteiger partial charge in [-0.05, 0) is 238 Å². The van der Waals surface area contributed by atoms with Crippen molar-refractivity contribution < 1.29 is 14.2 Å². The average Bonchev–Trinajstić information content (AvgIpc) is 0.767. The molecule has 0 saturated carbocycles. The van der Waals surface area contributed by atoms with E-state index < -0.39 is 0 Å². The van der Waals surface area contributed by atoms with Crippen molar-refractivity contribution in [2.24, 2.45) is 0 Å². The fourth-order valence-electron chi connectivity index (χ4n) is 16.8. The van der Waals surface area contributed by atoms with E-state index >= 15 is 0 Å². The number of hydrogen-bond acceptors (Lipinski definition) is 9. The number of fused-ring (bicyclic) bond motifs is 4. The lowest BCUT2D eigenvalue weighted by atomic mass is 10.0. The van der Waals surface area contributed by atoms with Crippen LogP contribution in [-0.4, -0.2) is 14.2 Å². The molecular formula is C121H103Br3N6O3. The maximum absolute atomic E-state index is 6.13. The maximum atomic E-state index is 6.13. The SMILES string of the molecule is Brc1cc(N(c2ccccc2)c2cccc3ccccc23)cc(N(c2ccccc2)c2cccc3ccccc23)c1.C.C.C.C=Cc1ccc(COCc2ccc(N(c3cc(Br)cc(N(c4ccccc4)c4cccc5ccccc45)c3)c3cccc4ccccc34)cc2)cc1.COc1ccc(N(c2ccc(OC)cc2)c2cc(Br)cc(N(c3ccccc3)c3ccccc3)c2)cc1. The molecule has 656 valence electrons. The zero-order valence-corrected chi connectivity index (χ0v) is 76.5. The number of rotatable bonds is 25. The molecule has 0 aromatic heterocycles. The molecule has 0 unspecified atom stereocenters. The van der Waals surface area contributed by atoms with E-state index in [9.17, 15) is 0 Å². The van der Waals surface area contributed by atoms with Crippen LogP contribution in [0.1, 0.15) is 39.0 Å². The highest BCUT2D eigenvalue weighted by molar-refractivity contribution is 9.11. The molecule has 9 nitrogen and oxygen atoms in total. The topological polar surface area (TPSA) is 47.1 Å². The van der Waals surface area contributed by atoms with Gasteiger partial charge in [0.15, 0.2) is 0 Å². The van der Waals surface area contributed by atoms with Crippen LogP contribution < -0.4 is 38.9 Å². The smallest absolute Gasteiger partial charge is 0.119 e. The Balaban J connectivity index is 0.000000153. The minimum absolute atomic E-state index is 0. The molecule has 0 atom stereocenters. The Bertz CT molecular complexity index is 7000. The van der Waals surface area contributed by atoms with E-state index in [0.717, 1.165) is 144 Å². The lowest BCUT2D eigenvalue weighted by Crippen LogP contribution is -2.14. The Morgan fingerprint density at radius 3 is 0.692 bits per heavy atom. The zero-order valence-electron chi connectivity index (χ0n) is 71.8. The Morgan fingerprint density at radius 1 is 0.218 bits per heavy atom. The molecule has 12 heteroatoms. The zero-order chi connectivity index (χ0) is 88.5. The minimum atomic E-state index is 0. The number of anilines is 18. The highest BCUT2D eigenvalue weighted by Crippen LogP contribution is 2.50. The van der Waals surface area contributed by atoms with E-state index in [0.29, 0.717) is 13.2 Å². The van der Waals surface area contributed by atoms with E-state index in [-0.39, 0.29) is 22.3 Å². The number of methoxy groups -OCH3 is 2. The van der Waals surface area contributed by atoms with Crippen molar-refractivity contribution in [3.8, 4) is 11.5 Å². The first kappa shape index (κ1) is 92.7. The molecule has 0 heterocycles. The van der Waals surface area contributed by atoms with E-state index in [1.807, 2.05) is 42.5 Å². The molecule has 133 heavy (non-hydrogen) atoms. The summed E-state index contributed by atoms with van der Waals surface area (Å²) >= 11 is 11.6. The van der Waals surface area contributed by atoms with Crippen LogP contribution in [0, 0.1) is 0 Å². The van der Waals surface area contributed by atoms with Crippen LogP contribution in [0.25, 0.3) is 49.2 Å².